The molecule has 0 amide bonds. The number of hydrogen-bond donors (Lipinski definition) is 0. The molecule has 0 saturated carbocycles. The number of hydrogen-bond acceptors (Lipinski definition) is 3. The van der Waals surface area contributed by atoms with Crippen molar-refractivity contribution in [3.8, 4) is 5.69 Å². The van der Waals surface area contributed by atoms with Gasteiger partial charge in [-0.1, -0.05) is 17.7 Å². The second kappa shape index (κ2) is 4.89. The van der Waals surface area contributed by atoms with E-state index in [0.29, 0.717) is 17.3 Å². The van der Waals surface area contributed by atoms with Gasteiger partial charge in [0.2, 0.25) is 5.65 Å². The quantitative estimate of drug-likeness (QED) is 0.723. The Morgan fingerprint density at radius 3 is 2.67 bits per heavy atom. The van der Waals surface area contributed by atoms with Crippen molar-refractivity contribution in [3.63, 3.8) is 0 Å². The highest BCUT2D eigenvalue weighted by molar-refractivity contribution is 6.31. The van der Waals surface area contributed by atoms with Crippen LogP contribution in [-0.4, -0.2) is 18.7 Å². The molecule has 0 fully saturated rings. The summed E-state index contributed by atoms with van der Waals surface area (Å²) in [4.78, 5) is 24.4. The largest absolute Gasteiger partial charge is 0.350 e. The summed E-state index contributed by atoms with van der Waals surface area (Å²) in [6.07, 6.45) is 3.07. The lowest BCUT2D eigenvalue weighted by molar-refractivity contribution is 0.633. The molecule has 0 aliphatic carbocycles. The van der Waals surface area contributed by atoms with Gasteiger partial charge in [0, 0.05) is 24.0 Å². The summed E-state index contributed by atoms with van der Waals surface area (Å²) in [5, 5.41) is 4.64. The van der Waals surface area contributed by atoms with Crippen LogP contribution in [0, 0.1) is 6.92 Å². The molecule has 0 spiro atoms. The van der Waals surface area contributed by atoms with Crippen LogP contribution < -0.4 is 11.2 Å². The predicted molar refractivity (Wildman–Crippen MR) is 80.5 cm³/mol. The van der Waals surface area contributed by atoms with Crippen LogP contribution in [0.25, 0.3) is 11.3 Å². The van der Waals surface area contributed by atoms with Crippen LogP contribution in [0.15, 0.2) is 40.2 Å². The number of benzene rings is 1. The molecule has 0 saturated heterocycles. The molecule has 2 aromatic heterocycles. The molecule has 2 heterocycles. The van der Waals surface area contributed by atoms with E-state index in [1.54, 1.807) is 25.3 Å². The highest BCUT2D eigenvalue weighted by atomic mass is 35.5. The summed E-state index contributed by atoms with van der Waals surface area (Å²) in [6.45, 7) is 4.10. The standard InChI is InChI=1S/C14H13ClN4O2/c1-3-19-14(21)18-7-6-17(13(20)12(18)16-19)10-5-4-9(2)11(15)8-10/h4-8H,3H2,1-2H3. The van der Waals surface area contributed by atoms with Gasteiger partial charge in [0.05, 0.1) is 5.69 Å². The molecule has 0 unspecified atom stereocenters. The lowest BCUT2D eigenvalue weighted by Gasteiger charge is -2.07. The summed E-state index contributed by atoms with van der Waals surface area (Å²) >= 11 is 6.10. The van der Waals surface area contributed by atoms with Crippen LogP contribution in [0.3, 0.4) is 0 Å². The number of aryl methyl sites for hydroxylation is 2. The zero-order valence-electron chi connectivity index (χ0n) is 11.6. The monoisotopic (exact) mass is 304 g/mol. The summed E-state index contributed by atoms with van der Waals surface area (Å²) in [5.74, 6) is 0. The van der Waals surface area contributed by atoms with E-state index in [-0.39, 0.29) is 16.9 Å². The van der Waals surface area contributed by atoms with Gasteiger partial charge in [0.15, 0.2) is 0 Å². The average Bonchev–Trinajstić information content (AvgIpc) is 2.80. The first-order valence-electron chi connectivity index (χ1n) is 6.50. The summed E-state index contributed by atoms with van der Waals surface area (Å²) in [6, 6.07) is 5.35. The van der Waals surface area contributed by atoms with E-state index in [0.717, 1.165) is 5.56 Å². The Kier molecular flexibility index (Phi) is 3.17. The van der Waals surface area contributed by atoms with Crippen LogP contribution in [-0.2, 0) is 6.54 Å². The third kappa shape index (κ3) is 2.08. The second-order valence-electron chi connectivity index (χ2n) is 4.70. The lowest BCUT2D eigenvalue weighted by Crippen LogP contribution is -2.23. The van der Waals surface area contributed by atoms with Crippen molar-refractivity contribution in [2.45, 2.75) is 20.4 Å². The molecule has 21 heavy (non-hydrogen) atoms. The van der Waals surface area contributed by atoms with Gasteiger partial charge in [-0.15, -0.1) is 5.10 Å². The summed E-state index contributed by atoms with van der Waals surface area (Å²) in [5.41, 5.74) is 0.985. The summed E-state index contributed by atoms with van der Waals surface area (Å²) < 4.78 is 3.93. The van der Waals surface area contributed by atoms with Crippen molar-refractivity contribution in [2.75, 3.05) is 0 Å². The maximum absolute atomic E-state index is 12.5. The fraction of sp³-hybridized carbons (Fsp3) is 0.214. The fourth-order valence-corrected chi connectivity index (χ4v) is 2.32. The van der Waals surface area contributed by atoms with Gasteiger partial charge in [-0.25, -0.2) is 13.9 Å². The molecule has 108 valence electrons. The van der Waals surface area contributed by atoms with Gasteiger partial charge in [0.25, 0.3) is 0 Å². The Hall–Kier alpha value is -2.34. The van der Waals surface area contributed by atoms with E-state index in [1.807, 2.05) is 13.0 Å². The van der Waals surface area contributed by atoms with Crippen LogP contribution in [0.5, 0.6) is 0 Å². The highest BCUT2D eigenvalue weighted by Gasteiger charge is 2.12. The molecule has 1 aromatic carbocycles. The Labute approximate surface area is 124 Å². The van der Waals surface area contributed by atoms with Crippen LogP contribution in [0.1, 0.15) is 12.5 Å². The molecule has 0 radical (unpaired) electrons. The van der Waals surface area contributed by atoms with Crippen LogP contribution in [0.4, 0.5) is 0 Å². The Balaban J connectivity index is 2.29. The third-order valence-corrected chi connectivity index (χ3v) is 3.79. The number of fused-ring (bicyclic) bond motifs is 1. The average molecular weight is 305 g/mol. The molecule has 3 rings (SSSR count). The summed E-state index contributed by atoms with van der Waals surface area (Å²) in [7, 11) is 0. The molecule has 3 aromatic rings. The van der Waals surface area contributed by atoms with Crippen LogP contribution in [0.2, 0.25) is 5.02 Å². The zero-order chi connectivity index (χ0) is 15.1. The van der Waals surface area contributed by atoms with E-state index in [2.05, 4.69) is 5.10 Å². The van der Waals surface area contributed by atoms with Gasteiger partial charge >= 0.3 is 11.2 Å². The van der Waals surface area contributed by atoms with E-state index >= 15 is 0 Å². The minimum atomic E-state index is -0.360. The van der Waals surface area contributed by atoms with Gasteiger partial charge in [-0.05, 0) is 31.5 Å². The SMILES string of the molecule is CCn1nc2c(=O)n(-c3ccc(C)c(Cl)c3)ccn2c1=O. The molecule has 6 nitrogen and oxygen atoms in total. The molecule has 0 bridgehead atoms. The van der Waals surface area contributed by atoms with Crippen LogP contribution >= 0.6 is 11.6 Å². The van der Waals surface area contributed by atoms with Crippen molar-refractivity contribution in [3.05, 3.63) is 62.0 Å². The first-order chi connectivity index (χ1) is 10.0. The van der Waals surface area contributed by atoms with Gasteiger partial charge in [0.1, 0.15) is 0 Å². The van der Waals surface area contributed by atoms with Crippen molar-refractivity contribution in [2.24, 2.45) is 0 Å². The van der Waals surface area contributed by atoms with E-state index in [4.69, 9.17) is 11.6 Å². The van der Waals surface area contributed by atoms with E-state index in [1.165, 1.54) is 19.8 Å². The van der Waals surface area contributed by atoms with Gasteiger partial charge in [-0.2, -0.15) is 0 Å². The number of rotatable bonds is 2. The Morgan fingerprint density at radius 1 is 1.24 bits per heavy atom. The predicted octanol–water partition coefficient (Wildman–Crippen LogP) is 1.63. The normalized spacial score (nSPS) is 11.2. The first-order valence-corrected chi connectivity index (χ1v) is 6.88. The smallest absolute Gasteiger partial charge is 0.280 e. The minimum Gasteiger partial charge on any atom is -0.280 e. The number of aromatic nitrogens is 4. The maximum Gasteiger partial charge on any atom is 0.350 e. The van der Waals surface area contributed by atoms with E-state index < -0.39 is 0 Å². The number of halogens is 1. The molecular weight excluding hydrogens is 292 g/mol. The van der Waals surface area contributed by atoms with Gasteiger partial charge in [-0.3, -0.25) is 9.36 Å². The highest BCUT2D eigenvalue weighted by Crippen LogP contribution is 2.18. The Bertz CT molecular complexity index is 952. The maximum atomic E-state index is 12.5. The van der Waals surface area contributed by atoms with Crippen molar-refractivity contribution < 1.29 is 0 Å². The van der Waals surface area contributed by atoms with Crippen molar-refractivity contribution in [1.82, 2.24) is 18.7 Å². The fourth-order valence-electron chi connectivity index (χ4n) is 2.15. The number of nitrogens with zero attached hydrogens (tertiary/aromatic N) is 4. The van der Waals surface area contributed by atoms with E-state index in [9.17, 15) is 9.59 Å². The molecule has 0 aliphatic rings. The van der Waals surface area contributed by atoms with Crippen molar-refractivity contribution in [1.29, 1.82) is 0 Å². The lowest BCUT2D eigenvalue weighted by atomic mass is 10.2. The third-order valence-electron chi connectivity index (χ3n) is 3.38. The molecule has 7 heteroatoms. The Morgan fingerprint density at radius 2 is 2.00 bits per heavy atom. The first kappa shape index (κ1) is 13.6. The topological polar surface area (TPSA) is 61.3 Å². The minimum absolute atomic E-state index is 0.0982. The van der Waals surface area contributed by atoms with Crippen molar-refractivity contribution >= 4 is 17.2 Å². The molecular formula is C14H13ClN4O2. The molecule has 0 aliphatic heterocycles. The molecule has 0 atom stereocenters. The zero-order valence-corrected chi connectivity index (χ0v) is 12.3. The second-order valence-corrected chi connectivity index (χ2v) is 5.11. The van der Waals surface area contributed by atoms with Gasteiger partial charge < -0.3 is 0 Å². The molecule has 0 N–H and O–H groups in total.